The lowest BCUT2D eigenvalue weighted by atomic mass is 9.30. The van der Waals surface area contributed by atoms with E-state index < -0.39 is 0 Å². The molecule has 46 heavy (non-hydrogen) atoms. The molecule has 2 aliphatic heterocycles. The summed E-state index contributed by atoms with van der Waals surface area (Å²) in [4.78, 5) is 5.10. The third-order valence-corrected chi connectivity index (χ3v) is 10.7. The van der Waals surface area contributed by atoms with Crippen molar-refractivity contribution in [3.8, 4) is 11.1 Å². The number of nitrogens with zero attached hydrogens (tertiary/aromatic N) is 2. The van der Waals surface area contributed by atoms with Crippen molar-refractivity contribution in [1.82, 2.24) is 0 Å². The van der Waals surface area contributed by atoms with Gasteiger partial charge in [0.15, 0.2) is 0 Å². The van der Waals surface area contributed by atoms with Gasteiger partial charge in [0.25, 0.3) is 0 Å². The molecule has 0 atom stereocenters. The molecule has 3 heteroatoms. The Bertz CT molecular complexity index is 2170. The van der Waals surface area contributed by atoms with Crippen LogP contribution >= 0.6 is 0 Å². The molecule has 0 unspecified atom stereocenters. The molecular formula is C43H37BN2. The molecule has 0 spiro atoms. The summed E-state index contributed by atoms with van der Waals surface area (Å²) < 4.78 is 0. The van der Waals surface area contributed by atoms with Crippen molar-refractivity contribution in [3.63, 3.8) is 0 Å². The predicted octanol–water partition coefficient (Wildman–Crippen LogP) is 9.66. The molecule has 0 amide bonds. The van der Waals surface area contributed by atoms with Crippen LogP contribution in [0.5, 0.6) is 0 Å². The molecule has 0 bridgehead atoms. The van der Waals surface area contributed by atoms with Crippen LogP contribution in [0.1, 0.15) is 48.9 Å². The molecule has 0 N–H and O–H groups in total. The van der Waals surface area contributed by atoms with E-state index in [1.807, 2.05) is 0 Å². The summed E-state index contributed by atoms with van der Waals surface area (Å²) in [6.45, 7) is 9.63. The smallest absolute Gasteiger partial charge is 0.248 e. The lowest BCUT2D eigenvalue weighted by Gasteiger charge is -2.46. The second-order valence-electron chi connectivity index (χ2n) is 13.7. The monoisotopic (exact) mass is 592 g/mol. The van der Waals surface area contributed by atoms with Gasteiger partial charge < -0.3 is 9.80 Å². The first-order chi connectivity index (χ1) is 22.5. The second kappa shape index (κ2) is 9.99. The summed E-state index contributed by atoms with van der Waals surface area (Å²) in [5, 5.41) is 0. The lowest BCUT2D eigenvalue weighted by Crippen LogP contribution is -2.58. The van der Waals surface area contributed by atoms with Crippen LogP contribution in [-0.4, -0.2) is 6.71 Å². The van der Waals surface area contributed by atoms with Gasteiger partial charge in [0.1, 0.15) is 0 Å². The summed E-state index contributed by atoms with van der Waals surface area (Å²) in [7, 11) is 0. The summed E-state index contributed by atoms with van der Waals surface area (Å²) in [5.41, 5.74) is 19.9. The number of allylic oxidation sites excluding steroid dienone is 4. The molecular weight excluding hydrogens is 555 g/mol. The minimum atomic E-state index is -0.226. The molecule has 0 fully saturated rings. The summed E-state index contributed by atoms with van der Waals surface area (Å²) in [6, 6.07) is 40.8. The highest BCUT2D eigenvalue weighted by Crippen LogP contribution is 2.58. The summed E-state index contributed by atoms with van der Waals surface area (Å²) >= 11 is 0. The average Bonchev–Trinajstić information content (AvgIpc) is 3.32. The Balaban J connectivity index is 1.40. The molecule has 0 saturated heterocycles. The van der Waals surface area contributed by atoms with E-state index in [4.69, 9.17) is 0 Å². The molecule has 0 aromatic heterocycles. The normalized spacial score (nSPS) is 17.0. The van der Waals surface area contributed by atoms with E-state index >= 15 is 0 Å². The van der Waals surface area contributed by atoms with Crippen LogP contribution in [0.3, 0.4) is 0 Å². The Hall–Kier alpha value is -5.02. The van der Waals surface area contributed by atoms with Crippen LogP contribution in [0.25, 0.3) is 16.8 Å². The quantitative estimate of drug-likeness (QED) is 0.193. The van der Waals surface area contributed by atoms with E-state index in [9.17, 15) is 0 Å². The third kappa shape index (κ3) is 3.66. The topological polar surface area (TPSA) is 6.48 Å². The first kappa shape index (κ1) is 27.3. The maximum atomic E-state index is 2.58. The molecule has 2 heterocycles. The van der Waals surface area contributed by atoms with Crippen LogP contribution in [0.2, 0.25) is 0 Å². The van der Waals surface area contributed by atoms with Gasteiger partial charge >= 0.3 is 0 Å². The second-order valence-corrected chi connectivity index (χ2v) is 13.7. The van der Waals surface area contributed by atoms with E-state index in [1.54, 1.807) is 0 Å². The fourth-order valence-electron chi connectivity index (χ4n) is 8.82. The first-order valence-electron chi connectivity index (χ1n) is 16.7. The van der Waals surface area contributed by atoms with Crippen LogP contribution in [0.4, 0.5) is 22.7 Å². The van der Waals surface area contributed by atoms with E-state index in [-0.39, 0.29) is 12.1 Å². The van der Waals surface area contributed by atoms with Gasteiger partial charge in [-0.1, -0.05) is 110 Å². The zero-order valence-corrected chi connectivity index (χ0v) is 27.0. The molecule has 5 aromatic rings. The van der Waals surface area contributed by atoms with Gasteiger partial charge in [-0.2, -0.15) is 0 Å². The van der Waals surface area contributed by atoms with Gasteiger partial charge in [-0.25, -0.2) is 0 Å². The maximum absolute atomic E-state index is 2.58. The van der Waals surface area contributed by atoms with Gasteiger partial charge in [0.05, 0.1) is 0 Å². The molecule has 0 radical (unpaired) electrons. The lowest BCUT2D eigenvalue weighted by molar-refractivity contribution is 0.667. The van der Waals surface area contributed by atoms with Crippen molar-refractivity contribution in [2.24, 2.45) is 0 Å². The zero-order chi connectivity index (χ0) is 31.2. The van der Waals surface area contributed by atoms with Gasteiger partial charge in [0, 0.05) is 45.1 Å². The first-order valence-corrected chi connectivity index (χ1v) is 16.7. The van der Waals surface area contributed by atoms with Crippen LogP contribution in [0.15, 0.2) is 139 Å². The molecule has 2 aliphatic carbocycles. The number of rotatable bonds is 3. The Labute approximate surface area is 273 Å². The number of anilines is 4. The molecule has 2 nitrogen and oxygen atoms in total. The zero-order valence-electron chi connectivity index (χ0n) is 27.0. The molecule has 4 aliphatic rings. The van der Waals surface area contributed by atoms with E-state index in [0.29, 0.717) is 0 Å². The number of aryl methyl sites for hydroxylation is 2. The predicted molar refractivity (Wildman–Crippen MR) is 196 cm³/mol. The minimum absolute atomic E-state index is 0.134. The third-order valence-electron chi connectivity index (χ3n) is 10.7. The van der Waals surface area contributed by atoms with Crippen molar-refractivity contribution in [3.05, 3.63) is 161 Å². The highest BCUT2D eigenvalue weighted by molar-refractivity contribution is 6.96. The van der Waals surface area contributed by atoms with E-state index in [2.05, 4.69) is 165 Å². The Morgan fingerprint density at radius 2 is 1.35 bits per heavy atom. The summed E-state index contributed by atoms with van der Waals surface area (Å²) in [5.74, 6) is 0. The van der Waals surface area contributed by atoms with E-state index in [0.717, 1.165) is 12.8 Å². The highest BCUT2D eigenvalue weighted by atomic mass is 15.2. The van der Waals surface area contributed by atoms with Gasteiger partial charge in [-0.3, -0.25) is 0 Å². The number of hydrogen-bond acceptors (Lipinski definition) is 2. The van der Waals surface area contributed by atoms with Crippen molar-refractivity contribution in [2.75, 3.05) is 9.80 Å². The Morgan fingerprint density at radius 1 is 0.630 bits per heavy atom. The number of para-hydroxylation sites is 2. The molecule has 0 saturated carbocycles. The number of hydrogen-bond donors (Lipinski definition) is 0. The highest BCUT2D eigenvalue weighted by Gasteiger charge is 2.53. The Morgan fingerprint density at radius 3 is 2.13 bits per heavy atom. The van der Waals surface area contributed by atoms with Gasteiger partial charge in [0.2, 0.25) is 6.71 Å². The van der Waals surface area contributed by atoms with Crippen LogP contribution in [0, 0.1) is 13.8 Å². The van der Waals surface area contributed by atoms with Crippen LogP contribution in [-0.2, 0) is 5.41 Å². The van der Waals surface area contributed by atoms with Crippen molar-refractivity contribution in [1.29, 1.82) is 0 Å². The van der Waals surface area contributed by atoms with Crippen molar-refractivity contribution < 1.29 is 0 Å². The standard InChI is InChI=1S/C43H37BN2/c1-28-16-11-12-21-32(28)38-29(2)26-27-33-39(38)43(3,4)42-41(33)46(31-19-9-6-10-20-31)37-25-15-24-36-40(37)44(42)34-22-13-14-23-35(34)45(36)30-17-7-5-8-18-30/h6-7,9-27H,5,8H2,1-4H3. The van der Waals surface area contributed by atoms with Crippen molar-refractivity contribution in [2.45, 2.75) is 46.0 Å². The Kier molecular flexibility index (Phi) is 5.93. The number of fused-ring (bicyclic) bond motifs is 5. The van der Waals surface area contributed by atoms with Gasteiger partial charge in [-0.05, 0) is 102 Å². The fraction of sp³-hybridized carbons (Fsp3) is 0.163. The number of benzene rings is 5. The fourth-order valence-corrected chi connectivity index (χ4v) is 8.82. The molecule has 9 rings (SSSR count). The molecule has 222 valence electrons. The van der Waals surface area contributed by atoms with Crippen molar-refractivity contribution >= 4 is 46.1 Å². The average molecular weight is 593 g/mol. The van der Waals surface area contributed by atoms with Gasteiger partial charge in [-0.15, -0.1) is 0 Å². The molecule has 5 aromatic carbocycles. The maximum Gasteiger partial charge on any atom is 0.248 e. The largest absolute Gasteiger partial charge is 0.312 e. The minimum Gasteiger partial charge on any atom is -0.312 e. The summed E-state index contributed by atoms with van der Waals surface area (Å²) in [6.07, 6.45) is 9.21. The van der Waals surface area contributed by atoms with E-state index in [1.165, 1.54) is 83.9 Å². The van der Waals surface area contributed by atoms with Crippen LogP contribution < -0.4 is 20.7 Å². The SMILES string of the molecule is Cc1ccccc1-c1c(C)ccc2c1C(C)(C)C1=C2N(c2ccccc2)c2cccc3c2B1c1ccccc1N3C1=CCCC=C1.